The number of hydrazone groups is 1. The van der Waals surface area contributed by atoms with E-state index in [9.17, 15) is 9.59 Å². The maximum atomic E-state index is 12.5. The van der Waals surface area contributed by atoms with Gasteiger partial charge in [0.15, 0.2) is 0 Å². The number of likely N-dealkylation sites (tertiary alicyclic amines) is 1. The summed E-state index contributed by atoms with van der Waals surface area (Å²) in [5, 5.41) is 8.70. The van der Waals surface area contributed by atoms with Crippen molar-refractivity contribution in [3.8, 4) is 0 Å². The van der Waals surface area contributed by atoms with Gasteiger partial charge in [-0.1, -0.05) is 0 Å². The molecule has 6 heteroatoms. The monoisotopic (exact) mass is 266 g/mol. The van der Waals surface area contributed by atoms with Gasteiger partial charge in [0, 0.05) is 26.6 Å². The van der Waals surface area contributed by atoms with Crippen molar-refractivity contribution >= 4 is 17.5 Å². The van der Waals surface area contributed by atoms with Crippen LogP contribution in [-0.4, -0.2) is 60.2 Å². The fourth-order valence-corrected chi connectivity index (χ4v) is 2.68. The van der Waals surface area contributed by atoms with Crippen molar-refractivity contribution in [2.45, 2.75) is 32.7 Å². The Morgan fingerprint density at radius 2 is 2.11 bits per heavy atom. The zero-order valence-corrected chi connectivity index (χ0v) is 12.3. The molecular formula is C13H22N4O2. The molecule has 2 aliphatic heterocycles. The topological polar surface area (TPSA) is 65.0 Å². The van der Waals surface area contributed by atoms with E-state index in [1.165, 1.54) is 5.01 Å². The number of nitrogens with zero attached hydrogens (tertiary/aromatic N) is 3. The number of hydrogen-bond acceptors (Lipinski definition) is 4. The van der Waals surface area contributed by atoms with E-state index in [1.807, 2.05) is 20.8 Å². The van der Waals surface area contributed by atoms with Gasteiger partial charge < -0.3 is 10.2 Å². The maximum Gasteiger partial charge on any atom is 0.255 e. The highest BCUT2D eigenvalue weighted by Gasteiger charge is 2.50. The van der Waals surface area contributed by atoms with Gasteiger partial charge in [0.25, 0.3) is 5.91 Å². The van der Waals surface area contributed by atoms with Crippen LogP contribution in [0.15, 0.2) is 5.10 Å². The van der Waals surface area contributed by atoms with E-state index in [0.717, 1.165) is 5.71 Å². The molecule has 0 saturated carbocycles. The number of amides is 2. The average molecular weight is 266 g/mol. The lowest BCUT2D eigenvalue weighted by molar-refractivity contribution is -0.142. The second kappa shape index (κ2) is 4.30. The third-order valence-electron chi connectivity index (χ3n) is 4.25. The summed E-state index contributed by atoms with van der Waals surface area (Å²) in [6.45, 7) is 6.62. The summed E-state index contributed by atoms with van der Waals surface area (Å²) < 4.78 is 0. The minimum absolute atomic E-state index is 0.0256. The molecule has 1 fully saturated rings. The van der Waals surface area contributed by atoms with E-state index in [1.54, 1.807) is 19.0 Å². The third kappa shape index (κ3) is 2.04. The first-order valence-electron chi connectivity index (χ1n) is 6.57. The van der Waals surface area contributed by atoms with Crippen molar-refractivity contribution in [3.63, 3.8) is 0 Å². The van der Waals surface area contributed by atoms with Crippen molar-refractivity contribution in [1.29, 1.82) is 0 Å². The number of nitrogens with one attached hydrogen (secondary N) is 1. The van der Waals surface area contributed by atoms with Crippen LogP contribution in [0, 0.1) is 5.41 Å². The molecule has 19 heavy (non-hydrogen) atoms. The first-order valence-corrected chi connectivity index (χ1v) is 6.57. The molecule has 2 aliphatic rings. The summed E-state index contributed by atoms with van der Waals surface area (Å²) in [4.78, 5) is 26.4. The quantitative estimate of drug-likeness (QED) is 0.768. The van der Waals surface area contributed by atoms with Crippen LogP contribution in [0.3, 0.4) is 0 Å². The molecule has 1 atom stereocenters. The zero-order chi connectivity index (χ0) is 14.4. The van der Waals surface area contributed by atoms with Gasteiger partial charge in [-0.25, -0.2) is 5.01 Å². The highest BCUT2D eigenvalue weighted by atomic mass is 16.2. The van der Waals surface area contributed by atoms with Gasteiger partial charge in [-0.05, 0) is 27.8 Å². The summed E-state index contributed by atoms with van der Waals surface area (Å²) in [6.07, 6.45) is 0.665. The summed E-state index contributed by atoms with van der Waals surface area (Å²) in [5.41, 5.74) is -0.364. The molecule has 1 unspecified atom stereocenters. The van der Waals surface area contributed by atoms with Crippen molar-refractivity contribution in [1.82, 2.24) is 15.2 Å². The van der Waals surface area contributed by atoms with E-state index in [2.05, 4.69) is 10.4 Å². The Morgan fingerprint density at radius 1 is 1.47 bits per heavy atom. The van der Waals surface area contributed by atoms with Crippen LogP contribution < -0.4 is 5.32 Å². The molecule has 0 aromatic rings. The van der Waals surface area contributed by atoms with Gasteiger partial charge in [-0.2, -0.15) is 5.10 Å². The highest BCUT2D eigenvalue weighted by molar-refractivity contribution is 6.13. The smallest absolute Gasteiger partial charge is 0.255 e. The maximum absolute atomic E-state index is 12.5. The Labute approximate surface area is 113 Å². The molecule has 0 aromatic heterocycles. The fraction of sp³-hybridized carbons (Fsp3) is 0.769. The number of carbonyl (C=O) groups excluding carboxylic acids is 2. The van der Waals surface area contributed by atoms with Crippen LogP contribution in [0.4, 0.5) is 0 Å². The minimum atomic E-state index is -0.646. The Hall–Kier alpha value is -1.43. The first kappa shape index (κ1) is 14.0. The largest absolute Gasteiger partial charge is 0.339 e. The molecule has 2 amide bonds. The lowest BCUT2D eigenvalue weighted by atomic mass is 9.79. The predicted molar refractivity (Wildman–Crippen MR) is 72.6 cm³/mol. The molecule has 0 radical (unpaired) electrons. The molecule has 1 N–H and O–H groups in total. The summed E-state index contributed by atoms with van der Waals surface area (Å²) in [5.74, 6) is -0.000100. The van der Waals surface area contributed by atoms with E-state index >= 15 is 0 Å². The predicted octanol–water partition coefficient (Wildman–Crippen LogP) is 0.0510. The van der Waals surface area contributed by atoms with Gasteiger partial charge in [0.2, 0.25) is 5.91 Å². The molecule has 2 rings (SSSR count). The number of carbonyl (C=O) groups is 2. The molecule has 0 aromatic carbocycles. The van der Waals surface area contributed by atoms with Crippen molar-refractivity contribution in [2.24, 2.45) is 10.5 Å². The molecule has 0 spiro atoms. The Morgan fingerprint density at radius 3 is 2.68 bits per heavy atom. The van der Waals surface area contributed by atoms with Crippen LogP contribution in [0.5, 0.6) is 0 Å². The number of rotatable bonds is 2. The zero-order valence-electron chi connectivity index (χ0n) is 12.3. The lowest BCUT2D eigenvalue weighted by Crippen LogP contribution is -2.59. The van der Waals surface area contributed by atoms with E-state index in [0.29, 0.717) is 19.5 Å². The number of fused-ring (bicyclic) bond motifs is 1. The van der Waals surface area contributed by atoms with Crippen molar-refractivity contribution in [3.05, 3.63) is 0 Å². The first-order chi connectivity index (χ1) is 8.72. The van der Waals surface area contributed by atoms with Crippen LogP contribution in [0.2, 0.25) is 0 Å². The molecule has 2 heterocycles. The number of hydrogen-bond donors (Lipinski definition) is 1. The Bertz CT molecular complexity index is 458. The summed E-state index contributed by atoms with van der Waals surface area (Å²) in [6, 6.07) is 0. The van der Waals surface area contributed by atoms with Gasteiger partial charge in [0.1, 0.15) is 5.41 Å². The van der Waals surface area contributed by atoms with Gasteiger partial charge >= 0.3 is 0 Å². The van der Waals surface area contributed by atoms with Crippen LogP contribution in [-0.2, 0) is 9.59 Å². The minimum Gasteiger partial charge on any atom is -0.339 e. The molecule has 1 saturated heterocycles. The van der Waals surface area contributed by atoms with Crippen LogP contribution in [0.25, 0.3) is 0 Å². The second-order valence-electron chi connectivity index (χ2n) is 6.06. The van der Waals surface area contributed by atoms with E-state index in [-0.39, 0.29) is 11.8 Å². The van der Waals surface area contributed by atoms with Gasteiger partial charge in [-0.3, -0.25) is 9.59 Å². The number of piperidine rings is 1. The molecule has 106 valence electrons. The standard InChI is InChI=1S/C13H22N4O2/c1-12(2,14-4)10(18)17-7-6-9-13(3,8-17)11(19)16(5)15-9/h14H,6-8H2,1-5H3. The van der Waals surface area contributed by atoms with Crippen LogP contribution >= 0.6 is 0 Å². The molecule has 0 bridgehead atoms. The summed E-state index contributed by atoms with van der Waals surface area (Å²) >= 11 is 0. The van der Waals surface area contributed by atoms with Crippen LogP contribution in [0.1, 0.15) is 27.2 Å². The highest BCUT2D eigenvalue weighted by Crippen LogP contribution is 2.34. The second-order valence-corrected chi connectivity index (χ2v) is 6.06. The normalized spacial score (nSPS) is 27.4. The van der Waals surface area contributed by atoms with E-state index < -0.39 is 11.0 Å². The van der Waals surface area contributed by atoms with Crippen molar-refractivity contribution in [2.75, 3.05) is 27.2 Å². The average Bonchev–Trinajstić information content (AvgIpc) is 2.60. The molecule has 6 nitrogen and oxygen atoms in total. The fourth-order valence-electron chi connectivity index (χ4n) is 2.68. The molecular weight excluding hydrogens is 244 g/mol. The molecule has 0 aliphatic carbocycles. The Balaban J connectivity index is 2.21. The SMILES string of the molecule is CNC(C)(C)C(=O)N1CCC2=NN(C)C(=O)C2(C)C1. The van der Waals surface area contributed by atoms with E-state index in [4.69, 9.17) is 0 Å². The summed E-state index contributed by atoms with van der Waals surface area (Å²) in [7, 11) is 3.44. The van der Waals surface area contributed by atoms with Gasteiger partial charge in [0.05, 0.1) is 11.3 Å². The Kier molecular flexibility index (Phi) is 3.16. The van der Waals surface area contributed by atoms with Crippen molar-refractivity contribution < 1.29 is 9.59 Å². The third-order valence-corrected chi connectivity index (χ3v) is 4.25. The lowest BCUT2D eigenvalue weighted by Gasteiger charge is -2.40. The number of likely N-dealkylation sites (N-methyl/N-ethyl adjacent to an activating group) is 1. The van der Waals surface area contributed by atoms with Gasteiger partial charge in [-0.15, -0.1) is 0 Å².